The lowest BCUT2D eigenvalue weighted by molar-refractivity contribution is 0.131. The van der Waals surface area contributed by atoms with Gasteiger partial charge in [-0.25, -0.2) is 9.69 Å². The van der Waals surface area contributed by atoms with Crippen LogP contribution < -0.4 is 11.5 Å². The lowest BCUT2D eigenvalue weighted by Gasteiger charge is -2.04. The molecule has 1 amide bonds. The van der Waals surface area contributed by atoms with Crippen LogP contribution in [-0.2, 0) is 4.74 Å². The second kappa shape index (κ2) is 8.13. The van der Waals surface area contributed by atoms with E-state index in [1.54, 1.807) is 13.1 Å². The molecule has 0 aliphatic heterocycles. The zero-order valence-corrected chi connectivity index (χ0v) is 7.57. The average Bonchev–Trinajstić information content (AvgIpc) is 2.02. The van der Waals surface area contributed by atoms with Crippen molar-refractivity contribution in [2.45, 2.75) is 6.92 Å². The Morgan fingerprint density at radius 3 is 2.31 bits per heavy atom. The minimum atomic E-state index is -0.611. The third-order valence-electron chi connectivity index (χ3n) is 0.692. The van der Waals surface area contributed by atoms with Crippen LogP contribution in [0.2, 0.25) is 0 Å². The summed E-state index contributed by atoms with van der Waals surface area (Å²) in [6.45, 7) is 1.98. The molecule has 0 fully saturated rings. The predicted octanol–water partition coefficient (Wildman–Crippen LogP) is -0.606. The summed E-state index contributed by atoms with van der Waals surface area (Å²) in [6, 6.07) is 0. The van der Waals surface area contributed by atoms with Crippen molar-refractivity contribution in [1.82, 2.24) is 4.90 Å². The van der Waals surface area contributed by atoms with Crippen LogP contribution in [0.3, 0.4) is 0 Å². The fraction of sp³-hybridized carbons (Fsp3) is 0.500. The van der Waals surface area contributed by atoms with Crippen LogP contribution in [0.25, 0.3) is 0 Å². The zero-order chi connectivity index (χ0) is 10.9. The van der Waals surface area contributed by atoms with Gasteiger partial charge in [-0.05, 0) is 6.92 Å². The molecular formula is C6H13N5O2. The Bertz CT molecular complexity index is 206. The molecule has 0 aliphatic carbocycles. The van der Waals surface area contributed by atoms with Gasteiger partial charge in [-0.15, -0.1) is 0 Å². The molecule has 0 rings (SSSR count). The van der Waals surface area contributed by atoms with Gasteiger partial charge in [0.15, 0.2) is 12.2 Å². The van der Waals surface area contributed by atoms with E-state index in [0.717, 1.165) is 4.90 Å². The molecule has 0 heterocycles. The molecule has 7 heteroatoms. The van der Waals surface area contributed by atoms with Crippen molar-refractivity contribution >= 4 is 12.1 Å². The maximum absolute atomic E-state index is 10.5. The van der Waals surface area contributed by atoms with E-state index in [4.69, 9.17) is 10.7 Å². The quantitative estimate of drug-likeness (QED) is 0.218. The van der Waals surface area contributed by atoms with E-state index < -0.39 is 6.09 Å². The smallest absolute Gasteiger partial charge is 0.422 e. The SMILES string of the molecule is CCOC(=O)N(C)C#N.N=C(N)N. The number of nitrogens with one attached hydrogen (secondary N) is 1. The summed E-state index contributed by atoms with van der Waals surface area (Å²) in [5, 5.41) is 14.2. The molecule has 74 valence electrons. The Labute approximate surface area is 76.4 Å². The monoisotopic (exact) mass is 187 g/mol. The molecule has 0 saturated carbocycles. The first-order chi connectivity index (χ1) is 5.95. The summed E-state index contributed by atoms with van der Waals surface area (Å²) < 4.78 is 4.46. The number of carbonyl (C=O) groups is 1. The molecule has 0 radical (unpaired) electrons. The summed E-state index contributed by atoms with van der Waals surface area (Å²) in [5.41, 5.74) is 8.94. The predicted molar refractivity (Wildman–Crippen MR) is 46.5 cm³/mol. The zero-order valence-electron chi connectivity index (χ0n) is 7.57. The first-order valence-corrected chi connectivity index (χ1v) is 3.35. The molecule has 0 aromatic carbocycles. The molecule has 0 spiro atoms. The molecule has 0 aliphatic rings. The fourth-order valence-corrected chi connectivity index (χ4v) is 0.261. The topological polar surface area (TPSA) is 129 Å². The van der Waals surface area contributed by atoms with Gasteiger partial charge in [-0.2, -0.15) is 5.26 Å². The molecule has 0 aromatic rings. The van der Waals surface area contributed by atoms with Crippen molar-refractivity contribution in [3.63, 3.8) is 0 Å². The molecule has 0 aromatic heterocycles. The lowest BCUT2D eigenvalue weighted by atomic mass is 10.8. The van der Waals surface area contributed by atoms with Crippen molar-refractivity contribution < 1.29 is 9.53 Å². The van der Waals surface area contributed by atoms with Gasteiger partial charge in [-0.1, -0.05) is 0 Å². The van der Waals surface area contributed by atoms with E-state index >= 15 is 0 Å². The Morgan fingerprint density at radius 2 is 2.08 bits per heavy atom. The average molecular weight is 187 g/mol. The molecular weight excluding hydrogens is 174 g/mol. The highest BCUT2D eigenvalue weighted by atomic mass is 16.5. The van der Waals surface area contributed by atoms with Crippen molar-refractivity contribution in [2.75, 3.05) is 13.7 Å². The van der Waals surface area contributed by atoms with Crippen molar-refractivity contribution in [1.29, 1.82) is 10.7 Å². The van der Waals surface area contributed by atoms with E-state index in [1.165, 1.54) is 7.05 Å². The molecule has 0 bridgehead atoms. The van der Waals surface area contributed by atoms with Crippen LogP contribution in [0.5, 0.6) is 0 Å². The highest BCUT2D eigenvalue weighted by Gasteiger charge is 2.05. The minimum absolute atomic E-state index is 0.296. The van der Waals surface area contributed by atoms with Gasteiger partial charge in [0, 0.05) is 7.05 Å². The maximum Gasteiger partial charge on any atom is 0.422 e. The normalized spacial score (nSPS) is 7.15. The van der Waals surface area contributed by atoms with E-state index in [0.29, 0.717) is 6.61 Å². The Hall–Kier alpha value is -1.97. The third-order valence-corrected chi connectivity index (χ3v) is 0.692. The second-order valence-electron chi connectivity index (χ2n) is 1.81. The number of guanidine groups is 1. The van der Waals surface area contributed by atoms with Gasteiger partial charge < -0.3 is 16.2 Å². The van der Waals surface area contributed by atoms with Gasteiger partial charge in [0.1, 0.15) is 0 Å². The summed E-state index contributed by atoms with van der Waals surface area (Å²) in [7, 11) is 1.35. The number of nitrogens with two attached hydrogens (primary N) is 2. The van der Waals surface area contributed by atoms with Crippen molar-refractivity contribution in [3.8, 4) is 6.19 Å². The van der Waals surface area contributed by atoms with Crippen molar-refractivity contribution in [2.24, 2.45) is 11.5 Å². The molecule has 0 unspecified atom stereocenters. The van der Waals surface area contributed by atoms with E-state index in [9.17, 15) is 4.79 Å². The van der Waals surface area contributed by atoms with Gasteiger partial charge in [0.05, 0.1) is 6.61 Å². The minimum Gasteiger partial charge on any atom is -0.449 e. The number of nitriles is 1. The Balaban J connectivity index is 0. The summed E-state index contributed by atoms with van der Waals surface area (Å²) >= 11 is 0. The van der Waals surface area contributed by atoms with Crippen LogP contribution in [0, 0.1) is 16.9 Å². The molecule has 0 saturated heterocycles. The van der Waals surface area contributed by atoms with Crippen LogP contribution in [0.4, 0.5) is 4.79 Å². The standard InChI is InChI=1S/C5H8N2O2.CH5N3/c1-3-9-5(8)7(2)4-6;2-1(3)4/h3H2,1-2H3;(H5,2,3,4). The fourth-order valence-electron chi connectivity index (χ4n) is 0.261. The number of nitrogens with zero attached hydrogens (tertiary/aromatic N) is 2. The first kappa shape index (κ1) is 13.6. The van der Waals surface area contributed by atoms with Crippen LogP contribution in [0.1, 0.15) is 6.92 Å². The number of hydrogen-bond acceptors (Lipinski definition) is 4. The van der Waals surface area contributed by atoms with Gasteiger partial charge in [0.25, 0.3) is 0 Å². The number of amides is 1. The number of carbonyl (C=O) groups excluding carboxylic acids is 1. The maximum atomic E-state index is 10.5. The molecule has 13 heavy (non-hydrogen) atoms. The lowest BCUT2D eigenvalue weighted by Crippen LogP contribution is -2.21. The van der Waals surface area contributed by atoms with E-state index in [-0.39, 0.29) is 5.96 Å². The number of rotatable bonds is 1. The largest absolute Gasteiger partial charge is 0.449 e. The van der Waals surface area contributed by atoms with E-state index in [2.05, 4.69) is 16.2 Å². The molecule has 5 N–H and O–H groups in total. The van der Waals surface area contributed by atoms with Crippen LogP contribution in [-0.4, -0.2) is 30.6 Å². The van der Waals surface area contributed by atoms with Crippen molar-refractivity contribution in [3.05, 3.63) is 0 Å². The van der Waals surface area contributed by atoms with Gasteiger partial charge >= 0.3 is 6.09 Å². The highest BCUT2D eigenvalue weighted by Crippen LogP contribution is 1.85. The Kier molecular flexibility index (Phi) is 8.51. The first-order valence-electron chi connectivity index (χ1n) is 3.35. The summed E-state index contributed by atoms with van der Waals surface area (Å²) in [6.07, 6.45) is 0.997. The Morgan fingerprint density at radius 1 is 1.69 bits per heavy atom. The highest BCUT2D eigenvalue weighted by molar-refractivity contribution is 5.71. The van der Waals surface area contributed by atoms with Gasteiger partial charge in [0.2, 0.25) is 0 Å². The molecule has 0 atom stereocenters. The van der Waals surface area contributed by atoms with Crippen LogP contribution >= 0.6 is 0 Å². The molecule has 7 nitrogen and oxygen atoms in total. The van der Waals surface area contributed by atoms with Crippen LogP contribution in [0.15, 0.2) is 0 Å². The third kappa shape index (κ3) is 13.1. The van der Waals surface area contributed by atoms with Gasteiger partial charge in [-0.3, -0.25) is 5.41 Å². The number of hydrogen-bond donors (Lipinski definition) is 3. The summed E-state index contributed by atoms with van der Waals surface area (Å²) in [4.78, 5) is 11.3. The number of ether oxygens (including phenoxy) is 1. The second-order valence-corrected chi connectivity index (χ2v) is 1.81. The van der Waals surface area contributed by atoms with E-state index in [1.807, 2.05) is 0 Å². The summed E-state index contributed by atoms with van der Waals surface area (Å²) in [5.74, 6) is -0.333.